The van der Waals surface area contributed by atoms with E-state index in [1.54, 1.807) is 5.38 Å². The molecule has 0 aliphatic heterocycles. The second-order valence-electron chi connectivity index (χ2n) is 4.03. The zero-order valence-corrected chi connectivity index (χ0v) is 12.6. The third kappa shape index (κ3) is 3.29. The predicted octanol–water partition coefficient (Wildman–Crippen LogP) is 1.97. The van der Waals surface area contributed by atoms with Gasteiger partial charge >= 0.3 is 11.9 Å². The smallest absolute Gasteiger partial charge is 0.339 e. The summed E-state index contributed by atoms with van der Waals surface area (Å²) in [5, 5.41) is 4.44. The summed E-state index contributed by atoms with van der Waals surface area (Å²) >= 11 is 1.15. The molecule has 114 valence electrons. The van der Waals surface area contributed by atoms with Crippen molar-refractivity contribution in [3.8, 4) is 0 Å². The van der Waals surface area contributed by atoms with E-state index in [9.17, 15) is 14.4 Å². The third-order valence-electron chi connectivity index (χ3n) is 2.72. The maximum Gasteiger partial charge on any atom is 0.339 e. The van der Waals surface area contributed by atoms with E-state index in [1.807, 2.05) is 0 Å². The number of carbonyl (C=O) groups excluding carboxylic acids is 3. The van der Waals surface area contributed by atoms with Crippen LogP contribution in [0.1, 0.15) is 30.5 Å². The normalized spacial score (nSPS) is 9.91. The zero-order valence-electron chi connectivity index (χ0n) is 11.8. The molecule has 2 rings (SSSR count). The lowest BCUT2D eigenvalue weighted by atomic mass is 10.1. The number of aromatic nitrogens is 1. The Hall–Kier alpha value is -2.74. The SMILES string of the molecule is COC(=O)c1ccc(C(=O)OC)c(NC(=O)c2nccs2)c1. The summed E-state index contributed by atoms with van der Waals surface area (Å²) in [7, 11) is 2.47. The van der Waals surface area contributed by atoms with Gasteiger partial charge in [-0.15, -0.1) is 11.3 Å². The van der Waals surface area contributed by atoms with Crippen molar-refractivity contribution >= 4 is 34.9 Å². The quantitative estimate of drug-likeness (QED) is 0.866. The van der Waals surface area contributed by atoms with E-state index in [2.05, 4.69) is 19.8 Å². The number of nitrogens with zero attached hydrogens (tertiary/aromatic N) is 1. The Bertz CT molecular complexity index is 712. The minimum Gasteiger partial charge on any atom is -0.465 e. The van der Waals surface area contributed by atoms with Crippen LogP contribution >= 0.6 is 11.3 Å². The molecular formula is C14H12N2O5S. The standard InChI is InChI=1S/C14H12N2O5S/c1-20-13(18)8-3-4-9(14(19)21-2)10(7-8)16-11(17)12-15-5-6-22-12/h3-7H,1-2H3,(H,16,17). The van der Waals surface area contributed by atoms with Crippen molar-refractivity contribution < 1.29 is 23.9 Å². The summed E-state index contributed by atoms with van der Waals surface area (Å²) in [4.78, 5) is 39.3. The molecule has 0 aliphatic carbocycles. The fourth-order valence-corrected chi connectivity index (χ4v) is 2.22. The first-order valence-electron chi connectivity index (χ1n) is 6.08. The lowest BCUT2D eigenvalue weighted by molar-refractivity contribution is 0.0587. The third-order valence-corrected chi connectivity index (χ3v) is 3.49. The Labute approximate surface area is 129 Å². The average Bonchev–Trinajstić information content (AvgIpc) is 3.07. The lowest BCUT2D eigenvalue weighted by Gasteiger charge is -2.10. The van der Waals surface area contributed by atoms with Gasteiger partial charge in [-0.2, -0.15) is 0 Å². The molecule has 0 saturated carbocycles. The summed E-state index contributed by atoms with van der Waals surface area (Å²) in [6.07, 6.45) is 1.49. The number of thiazole rings is 1. The molecule has 0 bridgehead atoms. The molecule has 0 atom stereocenters. The Morgan fingerprint density at radius 2 is 1.86 bits per heavy atom. The Morgan fingerprint density at radius 3 is 2.45 bits per heavy atom. The molecule has 1 heterocycles. The highest BCUT2D eigenvalue weighted by Crippen LogP contribution is 2.21. The molecule has 1 amide bonds. The van der Waals surface area contributed by atoms with Crippen molar-refractivity contribution in [1.29, 1.82) is 0 Å². The highest BCUT2D eigenvalue weighted by molar-refractivity contribution is 7.11. The van der Waals surface area contributed by atoms with Crippen LogP contribution in [0.3, 0.4) is 0 Å². The number of ether oxygens (including phenoxy) is 2. The van der Waals surface area contributed by atoms with Gasteiger partial charge in [-0.3, -0.25) is 4.79 Å². The highest BCUT2D eigenvalue weighted by atomic mass is 32.1. The van der Waals surface area contributed by atoms with E-state index < -0.39 is 17.8 Å². The number of hydrogen-bond donors (Lipinski definition) is 1. The van der Waals surface area contributed by atoms with Crippen LogP contribution < -0.4 is 5.32 Å². The van der Waals surface area contributed by atoms with Gasteiger partial charge in [0.25, 0.3) is 5.91 Å². The first-order valence-corrected chi connectivity index (χ1v) is 6.96. The van der Waals surface area contributed by atoms with Crippen LogP contribution in [0.15, 0.2) is 29.8 Å². The van der Waals surface area contributed by atoms with Gasteiger partial charge in [0.2, 0.25) is 0 Å². The maximum atomic E-state index is 12.1. The molecular weight excluding hydrogens is 308 g/mol. The minimum absolute atomic E-state index is 0.125. The largest absolute Gasteiger partial charge is 0.465 e. The van der Waals surface area contributed by atoms with Crippen LogP contribution in [0.2, 0.25) is 0 Å². The zero-order chi connectivity index (χ0) is 16.1. The number of nitrogens with one attached hydrogen (secondary N) is 1. The van der Waals surface area contributed by atoms with E-state index in [0.717, 1.165) is 11.3 Å². The van der Waals surface area contributed by atoms with Crippen LogP contribution in [0, 0.1) is 0 Å². The van der Waals surface area contributed by atoms with Crippen LogP contribution in [0.25, 0.3) is 0 Å². The van der Waals surface area contributed by atoms with Crippen LogP contribution in [-0.2, 0) is 9.47 Å². The molecule has 0 spiro atoms. The summed E-state index contributed by atoms with van der Waals surface area (Å²) in [6.45, 7) is 0. The van der Waals surface area contributed by atoms with E-state index in [1.165, 1.54) is 38.6 Å². The number of hydrogen-bond acceptors (Lipinski definition) is 7. The number of amides is 1. The van der Waals surface area contributed by atoms with E-state index in [-0.39, 0.29) is 21.8 Å². The van der Waals surface area contributed by atoms with Gasteiger partial charge in [0.15, 0.2) is 5.01 Å². The van der Waals surface area contributed by atoms with Gasteiger partial charge in [0.1, 0.15) is 0 Å². The summed E-state index contributed by atoms with van der Waals surface area (Å²) in [5.41, 5.74) is 0.472. The molecule has 22 heavy (non-hydrogen) atoms. The number of anilines is 1. The maximum absolute atomic E-state index is 12.1. The number of carbonyl (C=O) groups is 3. The van der Waals surface area contributed by atoms with Crippen molar-refractivity contribution in [2.75, 3.05) is 19.5 Å². The minimum atomic E-state index is -0.633. The summed E-state index contributed by atoms with van der Waals surface area (Å²) in [6, 6.07) is 4.15. The predicted molar refractivity (Wildman–Crippen MR) is 79.2 cm³/mol. The molecule has 1 aromatic carbocycles. The monoisotopic (exact) mass is 320 g/mol. The molecule has 0 saturated heterocycles. The van der Waals surface area contributed by atoms with E-state index in [0.29, 0.717) is 0 Å². The van der Waals surface area contributed by atoms with Crippen molar-refractivity contribution in [2.24, 2.45) is 0 Å². The summed E-state index contributed by atoms with van der Waals surface area (Å²) in [5.74, 6) is -1.70. The highest BCUT2D eigenvalue weighted by Gasteiger charge is 2.18. The molecule has 7 nitrogen and oxygen atoms in total. The molecule has 8 heteroatoms. The van der Waals surface area contributed by atoms with E-state index >= 15 is 0 Å². The van der Waals surface area contributed by atoms with Crippen molar-refractivity contribution in [3.05, 3.63) is 45.9 Å². The summed E-state index contributed by atoms with van der Waals surface area (Å²) < 4.78 is 9.27. The van der Waals surface area contributed by atoms with Crippen LogP contribution in [0.5, 0.6) is 0 Å². The van der Waals surface area contributed by atoms with Gasteiger partial charge in [-0.1, -0.05) is 0 Å². The van der Waals surface area contributed by atoms with Gasteiger partial charge in [0, 0.05) is 11.6 Å². The lowest BCUT2D eigenvalue weighted by Crippen LogP contribution is -2.16. The van der Waals surface area contributed by atoms with E-state index in [4.69, 9.17) is 0 Å². The van der Waals surface area contributed by atoms with Crippen molar-refractivity contribution in [3.63, 3.8) is 0 Å². The molecule has 0 unspecified atom stereocenters. The number of esters is 2. The fraction of sp³-hybridized carbons (Fsp3) is 0.143. The molecule has 1 aromatic heterocycles. The van der Waals surface area contributed by atoms with Crippen molar-refractivity contribution in [2.45, 2.75) is 0 Å². The number of methoxy groups -OCH3 is 2. The van der Waals surface area contributed by atoms with Crippen molar-refractivity contribution in [1.82, 2.24) is 4.98 Å². The Kier molecular flexibility index (Phi) is 4.84. The molecule has 0 aliphatic rings. The molecule has 1 N–H and O–H groups in total. The van der Waals surface area contributed by atoms with Gasteiger partial charge in [0.05, 0.1) is 31.0 Å². The first kappa shape index (κ1) is 15.6. The average molecular weight is 320 g/mol. The topological polar surface area (TPSA) is 94.6 Å². The number of benzene rings is 1. The van der Waals surface area contributed by atoms with Crippen LogP contribution in [0.4, 0.5) is 5.69 Å². The fourth-order valence-electron chi connectivity index (χ4n) is 1.69. The van der Waals surface area contributed by atoms with Gasteiger partial charge < -0.3 is 14.8 Å². The Morgan fingerprint density at radius 1 is 1.14 bits per heavy atom. The molecule has 2 aromatic rings. The number of rotatable bonds is 4. The second-order valence-corrected chi connectivity index (χ2v) is 4.93. The van der Waals surface area contributed by atoms with Gasteiger partial charge in [-0.05, 0) is 18.2 Å². The Balaban J connectivity index is 2.38. The molecule has 0 fully saturated rings. The van der Waals surface area contributed by atoms with Gasteiger partial charge in [-0.25, -0.2) is 14.6 Å². The van der Waals surface area contributed by atoms with Crippen LogP contribution in [-0.4, -0.2) is 37.0 Å². The first-order chi connectivity index (χ1) is 10.6. The molecule has 0 radical (unpaired) electrons. The second kappa shape index (κ2) is 6.81.